The van der Waals surface area contributed by atoms with E-state index in [9.17, 15) is 14.3 Å². The molecule has 0 radical (unpaired) electrons. The van der Waals surface area contributed by atoms with Gasteiger partial charge < -0.3 is 14.7 Å². The fourth-order valence-corrected chi connectivity index (χ4v) is 2.56. The zero-order valence-corrected chi connectivity index (χ0v) is 13.1. The summed E-state index contributed by atoms with van der Waals surface area (Å²) in [6, 6.07) is 2.16. The van der Waals surface area contributed by atoms with Gasteiger partial charge in [0.05, 0.1) is 25.2 Å². The zero-order valence-electron chi connectivity index (χ0n) is 13.1. The van der Waals surface area contributed by atoms with Crippen LogP contribution in [-0.4, -0.2) is 41.2 Å². The number of hydrogen-bond acceptors (Lipinski definition) is 6. The van der Waals surface area contributed by atoms with Crippen LogP contribution in [0.15, 0.2) is 24.5 Å². The average molecular weight is 332 g/mol. The van der Waals surface area contributed by atoms with Gasteiger partial charge in [0.15, 0.2) is 17.3 Å². The maximum Gasteiger partial charge on any atom is 0.258 e. The van der Waals surface area contributed by atoms with Crippen LogP contribution >= 0.6 is 0 Å². The van der Waals surface area contributed by atoms with Gasteiger partial charge in [0, 0.05) is 18.7 Å². The maximum absolute atomic E-state index is 13.6. The molecular formula is C16H17FN4O3. The molecule has 0 spiro atoms. The predicted molar refractivity (Wildman–Crippen MR) is 86.0 cm³/mol. The summed E-state index contributed by atoms with van der Waals surface area (Å²) >= 11 is 0. The molecule has 0 unspecified atom stereocenters. The van der Waals surface area contributed by atoms with Crippen molar-refractivity contribution in [3.05, 3.63) is 35.9 Å². The number of carbonyl (C=O) groups excluding carboxylic acids is 1. The van der Waals surface area contributed by atoms with Gasteiger partial charge in [-0.3, -0.25) is 10.1 Å². The Kier molecular flexibility index (Phi) is 4.45. The third-order valence-corrected chi connectivity index (χ3v) is 3.85. The van der Waals surface area contributed by atoms with E-state index in [0.717, 1.165) is 37.7 Å². The minimum Gasteiger partial charge on any atom is -0.502 e. The van der Waals surface area contributed by atoms with Gasteiger partial charge in [-0.05, 0) is 25.0 Å². The lowest BCUT2D eigenvalue weighted by atomic mass is 10.2. The van der Waals surface area contributed by atoms with E-state index >= 15 is 0 Å². The highest BCUT2D eigenvalue weighted by Gasteiger charge is 2.17. The highest BCUT2D eigenvalue weighted by atomic mass is 19.1. The first kappa shape index (κ1) is 16.0. The van der Waals surface area contributed by atoms with E-state index in [2.05, 4.69) is 20.2 Å². The summed E-state index contributed by atoms with van der Waals surface area (Å²) in [6.45, 7) is 1.95. The fourth-order valence-electron chi connectivity index (χ4n) is 2.56. The van der Waals surface area contributed by atoms with Crippen molar-refractivity contribution in [1.82, 2.24) is 9.97 Å². The number of phenols is 1. The molecule has 2 aromatic rings. The molecule has 1 saturated heterocycles. The van der Waals surface area contributed by atoms with Crippen molar-refractivity contribution in [3.8, 4) is 11.5 Å². The van der Waals surface area contributed by atoms with Crippen molar-refractivity contribution in [2.24, 2.45) is 0 Å². The van der Waals surface area contributed by atoms with Crippen molar-refractivity contribution < 1.29 is 19.0 Å². The minimum absolute atomic E-state index is 0.00521. The van der Waals surface area contributed by atoms with Crippen LogP contribution < -0.4 is 15.0 Å². The molecule has 0 aliphatic carbocycles. The van der Waals surface area contributed by atoms with Gasteiger partial charge >= 0.3 is 0 Å². The number of rotatable bonds is 4. The number of amides is 1. The van der Waals surface area contributed by atoms with Gasteiger partial charge in [-0.25, -0.2) is 14.4 Å². The maximum atomic E-state index is 13.6. The predicted octanol–water partition coefficient (Wildman–Crippen LogP) is 2.18. The normalized spacial score (nSPS) is 13.8. The highest BCUT2D eigenvalue weighted by Crippen LogP contribution is 2.30. The lowest BCUT2D eigenvalue weighted by molar-refractivity contribution is 0.102. The van der Waals surface area contributed by atoms with E-state index in [1.54, 1.807) is 12.4 Å². The van der Waals surface area contributed by atoms with Crippen molar-refractivity contribution in [3.63, 3.8) is 0 Å². The van der Waals surface area contributed by atoms with Crippen LogP contribution in [0.3, 0.4) is 0 Å². The van der Waals surface area contributed by atoms with Gasteiger partial charge in [-0.2, -0.15) is 0 Å². The van der Waals surface area contributed by atoms with Crippen LogP contribution in [-0.2, 0) is 0 Å². The number of hydrogen-bond donors (Lipinski definition) is 2. The number of methoxy groups -OCH3 is 1. The van der Waals surface area contributed by atoms with Crippen molar-refractivity contribution in [2.75, 3.05) is 30.4 Å². The Morgan fingerprint density at radius 2 is 1.96 bits per heavy atom. The standard InChI is InChI=1S/C16H17FN4O3/c1-24-13-7-10(6-12(17)14(13)22)15(23)20-16-18-8-11(9-19-16)21-4-2-3-5-21/h6-9,22H,2-5H2,1H3,(H,18,19,20,23). The number of carbonyl (C=O) groups is 1. The molecule has 2 heterocycles. The molecule has 1 amide bonds. The van der Waals surface area contributed by atoms with E-state index in [4.69, 9.17) is 4.74 Å². The number of aromatic hydroxyl groups is 1. The average Bonchev–Trinajstić information content (AvgIpc) is 3.12. The smallest absolute Gasteiger partial charge is 0.258 e. The number of ether oxygens (including phenoxy) is 1. The minimum atomic E-state index is -0.940. The SMILES string of the molecule is COc1cc(C(=O)Nc2ncc(N3CCCC3)cn2)cc(F)c1O. The lowest BCUT2D eigenvalue weighted by Crippen LogP contribution is -2.19. The van der Waals surface area contributed by atoms with E-state index in [1.807, 2.05) is 0 Å². The van der Waals surface area contributed by atoms with Crippen LogP contribution in [0.4, 0.5) is 16.0 Å². The van der Waals surface area contributed by atoms with Crippen LogP contribution in [0.5, 0.6) is 11.5 Å². The number of halogens is 1. The Bertz CT molecular complexity index is 746. The summed E-state index contributed by atoms with van der Waals surface area (Å²) in [5.41, 5.74) is 0.900. The molecule has 1 aromatic carbocycles. The first-order valence-corrected chi connectivity index (χ1v) is 7.53. The highest BCUT2D eigenvalue weighted by molar-refractivity contribution is 6.03. The Morgan fingerprint density at radius 3 is 2.58 bits per heavy atom. The van der Waals surface area contributed by atoms with Crippen molar-refractivity contribution in [1.29, 1.82) is 0 Å². The van der Waals surface area contributed by atoms with Gasteiger partial charge in [-0.1, -0.05) is 0 Å². The van der Waals surface area contributed by atoms with Crippen LogP contribution in [0, 0.1) is 5.82 Å². The molecule has 3 rings (SSSR count). The molecule has 0 atom stereocenters. The number of phenolic OH excluding ortho intramolecular Hbond substituents is 1. The molecule has 1 fully saturated rings. The number of nitrogens with one attached hydrogen (secondary N) is 1. The van der Waals surface area contributed by atoms with E-state index < -0.39 is 17.5 Å². The zero-order chi connectivity index (χ0) is 17.1. The van der Waals surface area contributed by atoms with Crippen molar-refractivity contribution >= 4 is 17.5 Å². The third kappa shape index (κ3) is 3.22. The van der Waals surface area contributed by atoms with Gasteiger partial charge in [0.25, 0.3) is 5.91 Å². The number of aromatic nitrogens is 2. The van der Waals surface area contributed by atoms with Crippen LogP contribution in [0.25, 0.3) is 0 Å². The second-order valence-electron chi connectivity index (χ2n) is 5.42. The topological polar surface area (TPSA) is 87.6 Å². The lowest BCUT2D eigenvalue weighted by Gasteiger charge is -2.16. The molecule has 7 nitrogen and oxygen atoms in total. The quantitative estimate of drug-likeness (QED) is 0.892. The van der Waals surface area contributed by atoms with Gasteiger partial charge in [0.1, 0.15) is 0 Å². The summed E-state index contributed by atoms with van der Waals surface area (Å²) in [5, 5.41) is 12.0. The Morgan fingerprint density at radius 1 is 1.29 bits per heavy atom. The second kappa shape index (κ2) is 6.69. The fraction of sp³-hybridized carbons (Fsp3) is 0.312. The number of benzene rings is 1. The van der Waals surface area contributed by atoms with E-state index in [-0.39, 0.29) is 17.3 Å². The van der Waals surface area contributed by atoms with Crippen molar-refractivity contribution in [2.45, 2.75) is 12.8 Å². The Hall–Kier alpha value is -2.90. The van der Waals surface area contributed by atoms with Crippen LogP contribution in [0.1, 0.15) is 23.2 Å². The molecule has 0 saturated carbocycles. The molecule has 2 N–H and O–H groups in total. The van der Waals surface area contributed by atoms with Gasteiger partial charge in [-0.15, -0.1) is 0 Å². The summed E-state index contributed by atoms with van der Waals surface area (Å²) < 4.78 is 18.4. The molecule has 24 heavy (non-hydrogen) atoms. The summed E-state index contributed by atoms with van der Waals surface area (Å²) in [6.07, 6.45) is 5.58. The third-order valence-electron chi connectivity index (χ3n) is 3.85. The number of nitrogens with zero attached hydrogens (tertiary/aromatic N) is 3. The molecule has 8 heteroatoms. The summed E-state index contributed by atoms with van der Waals surface area (Å²) in [7, 11) is 1.27. The first-order chi connectivity index (χ1) is 11.6. The summed E-state index contributed by atoms with van der Waals surface area (Å²) in [4.78, 5) is 22.6. The van der Waals surface area contributed by atoms with E-state index in [0.29, 0.717) is 0 Å². The Balaban J connectivity index is 1.73. The molecule has 1 aliphatic rings. The molecule has 1 aliphatic heterocycles. The second-order valence-corrected chi connectivity index (χ2v) is 5.42. The van der Waals surface area contributed by atoms with E-state index in [1.165, 1.54) is 13.2 Å². The molecule has 0 bridgehead atoms. The monoisotopic (exact) mass is 332 g/mol. The van der Waals surface area contributed by atoms with Crippen LogP contribution in [0.2, 0.25) is 0 Å². The molecule has 126 valence electrons. The largest absolute Gasteiger partial charge is 0.502 e. The van der Waals surface area contributed by atoms with Gasteiger partial charge in [0.2, 0.25) is 5.95 Å². The molecule has 1 aromatic heterocycles. The Labute approximate surface area is 138 Å². The number of anilines is 2. The first-order valence-electron chi connectivity index (χ1n) is 7.53. The molecular weight excluding hydrogens is 315 g/mol. The summed E-state index contributed by atoms with van der Waals surface area (Å²) in [5.74, 6) is -2.17.